The third-order valence-electron chi connectivity index (χ3n) is 4.88. The van der Waals surface area contributed by atoms with Crippen LogP contribution < -0.4 is 4.90 Å². The minimum atomic E-state index is 0.681. The lowest BCUT2D eigenvalue weighted by molar-refractivity contribution is -0.902. The van der Waals surface area contributed by atoms with Gasteiger partial charge in [-0.3, -0.25) is 0 Å². The number of nitrogens with one attached hydrogen (secondary N) is 1. The number of fused-ring (bicyclic) bond motifs is 3. The van der Waals surface area contributed by atoms with Crippen molar-refractivity contribution in [1.82, 2.24) is 9.97 Å². The van der Waals surface area contributed by atoms with Crippen LogP contribution in [0, 0.1) is 5.92 Å². The second kappa shape index (κ2) is 5.49. The second-order valence-electron chi connectivity index (χ2n) is 6.60. The minimum absolute atomic E-state index is 0.681. The molecule has 1 N–H and O–H groups in total. The van der Waals surface area contributed by atoms with Crippen molar-refractivity contribution < 1.29 is 4.90 Å². The van der Waals surface area contributed by atoms with E-state index in [2.05, 4.69) is 11.9 Å². The van der Waals surface area contributed by atoms with Crippen LogP contribution in [0.1, 0.15) is 42.5 Å². The van der Waals surface area contributed by atoms with Crippen molar-refractivity contribution >= 4 is 33.2 Å². The SMILES string of the molecule is C[C@H]1CCc2c(sc3nc(C[NH+]4CCCC4)nc(Cl)c23)C1. The molecule has 112 valence electrons. The number of hydrogen-bond donors (Lipinski definition) is 1. The maximum atomic E-state index is 6.51. The first-order valence-corrected chi connectivity index (χ1v) is 9.20. The molecule has 1 fully saturated rings. The Kier molecular flexibility index (Phi) is 3.64. The van der Waals surface area contributed by atoms with Crippen molar-refractivity contribution in [1.29, 1.82) is 0 Å². The van der Waals surface area contributed by atoms with Gasteiger partial charge < -0.3 is 4.90 Å². The first-order chi connectivity index (χ1) is 10.2. The topological polar surface area (TPSA) is 30.2 Å². The summed E-state index contributed by atoms with van der Waals surface area (Å²) in [5.41, 5.74) is 1.43. The molecule has 3 nitrogen and oxygen atoms in total. The largest absolute Gasteiger partial charge is 0.329 e. The molecule has 0 bridgehead atoms. The molecule has 0 radical (unpaired) electrons. The third-order valence-corrected chi connectivity index (χ3v) is 6.30. The van der Waals surface area contributed by atoms with Crippen LogP contribution in [0.5, 0.6) is 0 Å². The van der Waals surface area contributed by atoms with Crippen molar-refractivity contribution in [3.63, 3.8) is 0 Å². The van der Waals surface area contributed by atoms with E-state index >= 15 is 0 Å². The molecule has 0 aromatic carbocycles. The molecule has 1 aliphatic carbocycles. The fourth-order valence-corrected chi connectivity index (χ4v) is 5.45. The molecule has 0 amide bonds. The summed E-state index contributed by atoms with van der Waals surface area (Å²) >= 11 is 8.35. The molecule has 3 heterocycles. The Hall–Kier alpha value is -0.710. The molecule has 0 spiro atoms. The smallest absolute Gasteiger partial charge is 0.186 e. The monoisotopic (exact) mass is 322 g/mol. The van der Waals surface area contributed by atoms with Crippen LogP contribution in [0.4, 0.5) is 0 Å². The first kappa shape index (κ1) is 13.9. The van der Waals surface area contributed by atoms with Gasteiger partial charge in [0.25, 0.3) is 0 Å². The average Bonchev–Trinajstić information content (AvgIpc) is 3.05. The van der Waals surface area contributed by atoms with Gasteiger partial charge in [0.1, 0.15) is 16.5 Å². The summed E-state index contributed by atoms with van der Waals surface area (Å²) in [4.78, 5) is 13.6. The van der Waals surface area contributed by atoms with E-state index in [0.717, 1.165) is 34.9 Å². The standard InChI is InChI=1S/C16H20ClN3S/c1-10-4-5-11-12(8-10)21-16-14(11)15(17)18-13(19-16)9-20-6-2-3-7-20/h10H,2-9H2,1H3/p+1/t10-/m0/s1. The second-order valence-corrected chi connectivity index (χ2v) is 8.04. The van der Waals surface area contributed by atoms with Crippen molar-refractivity contribution in [2.75, 3.05) is 13.1 Å². The zero-order chi connectivity index (χ0) is 14.4. The molecule has 21 heavy (non-hydrogen) atoms. The summed E-state index contributed by atoms with van der Waals surface area (Å²) in [5.74, 6) is 1.71. The van der Waals surface area contributed by atoms with Crippen molar-refractivity contribution in [2.45, 2.75) is 45.6 Å². The molecule has 2 aromatic heterocycles. The molecule has 1 atom stereocenters. The fraction of sp³-hybridized carbons (Fsp3) is 0.625. The van der Waals surface area contributed by atoms with Gasteiger partial charge >= 0.3 is 0 Å². The van der Waals surface area contributed by atoms with E-state index in [1.54, 1.807) is 4.90 Å². The van der Waals surface area contributed by atoms with Gasteiger partial charge in [-0.25, -0.2) is 9.97 Å². The van der Waals surface area contributed by atoms with Crippen LogP contribution in [0.2, 0.25) is 5.15 Å². The number of quaternary nitrogens is 1. The summed E-state index contributed by atoms with van der Waals surface area (Å²) < 4.78 is 0. The van der Waals surface area contributed by atoms with Gasteiger partial charge in [0, 0.05) is 17.7 Å². The van der Waals surface area contributed by atoms with E-state index in [-0.39, 0.29) is 0 Å². The zero-order valence-electron chi connectivity index (χ0n) is 12.4. The van der Waals surface area contributed by atoms with Gasteiger partial charge in [0.15, 0.2) is 5.82 Å². The quantitative estimate of drug-likeness (QED) is 0.862. The Bertz CT molecular complexity index is 676. The number of rotatable bonds is 2. The van der Waals surface area contributed by atoms with Crippen LogP contribution in [0.15, 0.2) is 0 Å². The summed E-state index contributed by atoms with van der Waals surface area (Å²) in [6.07, 6.45) is 6.23. The lowest BCUT2D eigenvalue weighted by Gasteiger charge is -2.17. The van der Waals surface area contributed by atoms with E-state index in [1.165, 1.54) is 49.2 Å². The number of nitrogens with zero attached hydrogens (tertiary/aromatic N) is 2. The van der Waals surface area contributed by atoms with Crippen LogP contribution in [0.3, 0.4) is 0 Å². The Morgan fingerprint density at radius 3 is 2.90 bits per heavy atom. The van der Waals surface area contributed by atoms with E-state index in [9.17, 15) is 0 Å². The molecule has 4 rings (SSSR count). The van der Waals surface area contributed by atoms with E-state index in [0.29, 0.717) is 5.15 Å². The lowest BCUT2D eigenvalue weighted by atomic mass is 9.89. The van der Waals surface area contributed by atoms with E-state index in [4.69, 9.17) is 16.6 Å². The molecule has 0 unspecified atom stereocenters. The number of likely N-dealkylation sites (tertiary alicyclic amines) is 1. The molecule has 0 saturated carbocycles. The summed E-state index contributed by atoms with van der Waals surface area (Å²) in [6, 6.07) is 0. The minimum Gasteiger partial charge on any atom is -0.329 e. The Balaban J connectivity index is 1.72. The van der Waals surface area contributed by atoms with Gasteiger partial charge in [-0.15, -0.1) is 11.3 Å². The highest BCUT2D eigenvalue weighted by Crippen LogP contribution is 2.39. The number of aryl methyl sites for hydroxylation is 1. The van der Waals surface area contributed by atoms with Crippen molar-refractivity contribution in [3.8, 4) is 0 Å². The van der Waals surface area contributed by atoms with Gasteiger partial charge in [-0.1, -0.05) is 18.5 Å². The third kappa shape index (κ3) is 2.58. The fourth-order valence-electron chi connectivity index (χ4n) is 3.69. The molecule has 2 aromatic rings. The number of thiophene rings is 1. The molecule has 1 aliphatic heterocycles. The molecular weight excluding hydrogens is 302 g/mol. The van der Waals surface area contributed by atoms with Crippen LogP contribution >= 0.6 is 22.9 Å². The van der Waals surface area contributed by atoms with Crippen LogP contribution in [-0.2, 0) is 19.4 Å². The Morgan fingerprint density at radius 1 is 1.29 bits per heavy atom. The van der Waals surface area contributed by atoms with E-state index < -0.39 is 0 Å². The molecule has 5 heteroatoms. The normalized spacial score (nSPS) is 22.9. The predicted molar refractivity (Wildman–Crippen MR) is 87.2 cm³/mol. The summed E-state index contributed by atoms with van der Waals surface area (Å²) in [5, 5.41) is 1.82. The highest BCUT2D eigenvalue weighted by molar-refractivity contribution is 7.19. The summed E-state index contributed by atoms with van der Waals surface area (Å²) in [6.45, 7) is 5.76. The number of aromatic nitrogens is 2. The number of hydrogen-bond acceptors (Lipinski definition) is 3. The van der Waals surface area contributed by atoms with Crippen molar-refractivity contribution in [2.24, 2.45) is 5.92 Å². The number of halogens is 1. The maximum Gasteiger partial charge on any atom is 0.186 e. The van der Waals surface area contributed by atoms with Crippen LogP contribution in [-0.4, -0.2) is 23.1 Å². The molecule has 1 saturated heterocycles. The van der Waals surface area contributed by atoms with Gasteiger partial charge in [0.05, 0.1) is 18.5 Å². The van der Waals surface area contributed by atoms with Crippen LogP contribution in [0.25, 0.3) is 10.2 Å². The summed E-state index contributed by atoms with van der Waals surface area (Å²) in [7, 11) is 0. The first-order valence-electron chi connectivity index (χ1n) is 8.01. The highest BCUT2D eigenvalue weighted by Gasteiger charge is 2.24. The maximum absolute atomic E-state index is 6.51. The van der Waals surface area contributed by atoms with Gasteiger partial charge in [0.2, 0.25) is 0 Å². The molecule has 2 aliphatic rings. The lowest BCUT2D eigenvalue weighted by Crippen LogP contribution is -3.08. The predicted octanol–water partition coefficient (Wildman–Crippen LogP) is 2.65. The molecular formula is C16H21ClN3S+. The highest BCUT2D eigenvalue weighted by atomic mass is 35.5. The van der Waals surface area contributed by atoms with Gasteiger partial charge in [-0.2, -0.15) is 0 Å². The van der Waals surface area contributed by atoms with E-state index in [1.807, 2.05) is 11.3 Å². The van der Waals surface area contributed by atoms with Gasteiger partial charge in [-0.05, 0) is 30.7 Å². The zero-order valence-corrected chi connectivity index (χ0v) is 14.0. The van der Waals surface area contributed by atoms with Crippen molar-refractivity contribution in [3.05, 3.63) is 21.4 Å². The Morgan fingerprint density at radius 2 is 2.10 bits per heavy atom. The average molecular weight is 323 g/mol. The Labute approximate surface area is 134 Å².